The Labute approximate surface area is 466 Å². The van der Waals surface area contributed by atoms with Crippen molar-refractivity contribution in [3.05, 3.63) is 153 Å². The lowest BCUT2D eigenvalue weighted by Crippen LogP contribution is -2.56. The maximum Gasteiger partial charge on any atom is 0.407 e. The standard InChI is InChI=1S/C59H66N6O16/c1-31-50(68)40(26-45(80-31)81-43-28-59(77,44(67)29-66)27-37-47(43)54(72)49-48(52(37)70)51(69)36-16-11-18-42(78-2)46(36)53(49)71)65-58(76)79-30-34-19-21-35(22-20-34)62-56(74)39(17-9-10-23-60)63-57(75)41(25-33-14-7-4-8-15-33)64-55(73)38(61)24-32-12-5-3-6-13-32/h3-8,11-16,18-22,31,38-41,43,45,50,66,68,70,72,77H,9-10,17,23-30,60-61H2,1-2H3,(H,62,74)(H,63,75)(H,64,73)(H,65,76)/t31?,38-,39+,40?,41+,43+,45?,50?,59+/m1/s1. The molecule has 1 aliphatic heterocycles. The number of anilines is 1. The molecule has 0 saturated carbocycles. The van der Waals surface area contributed by atoms with Crippen LogP contribution in [-0.2, 0) is 59.3 Å². The second kappa shape index (κ2) is 26.0. The van der Waals surface area contributed by atoms with Crippen LogP contribution in [-0.4, -0.2) is 135 Å². The van der Waals surface area contributed by atoms with E-state index in [1.165, 1.54) is 32.2 Å². The van der Waals surface area contributed by atoms with Crippen LogP contribution < -0.4 is 37.5 Å². The Bertz CT molecular complexity index is 3140. The summed E-state index contributed by atoms with van der Waals surface area (Å²) >= 11 is 0. The number of benzene rings is 5. The summed E-state index contributed by atoms with van der Waals surface area (Å²) in [6, 6.07) is 24.8. The number of nitrogens with one attached hydrogen (secondary N) is 4. The molecule has 9 atom stereocenters. The number of aliphatic hydroxyl groups excluding tert-OH is 2. The maximum atomic E-state index is 14.1. The van der Waals surface area contributed by atoms with Crippen molar-refractivity contribution in [2.75, 3.05) is 25.6 Å². The monoisotopic (exact) mass is 1110 g/mol. The summed E-state index contributed by atoms with van der Waals surface area (Å²) in [5.41, 5.74) is 10.2. The van der Waals surface area contributed by atoms with Gasteiger partial charge in [-0.3, -0.25) is 28.8 Å². The number of unbranched alkanes of at least 4 members (excludes halogenated alkanes) is 1. The summed E-state index contributed by atoms with van der Waals surface area (Å²) < 4.78 is 23.1. The molecule has 1 heterocycles. The fourth-order valence-corrected chi connectivity index (χ4v) is 10.4. The van der Waals surface area contributed by atoms with Crippen molar-refractivity contribution >= 4 is 46.9 Å². The van der Waals surface area contributed by atoms with Gasteiger partial charge in [0.1, 0.15) is 54.3 Å². The topological polar surface area (TPSA) is 358 Å². The van der Waals surface area contributed by atoms with Crippen molar-refractivity contribution < 1.29 is 78.0 Å². The number of carbonyl (C=O) groups is 7. The van der Waals surface area contributed by atoms with Gasteiger partial charge >= 0.3 is 6.09 Å². The van der Waals surface area contributed by atoms with Crippen LogP contribution in [0.3, 0.4) is 0 Å². The van der Waals surface area contributed by atoms with E-state index in [1.807, 2.05) is 60.7 Å². The Morgan fingerprint density at radius 2 is 1.43 bits per heavy atom. The highest BCUT2D eigenvalue weighted by Gasteiger charge is 2.50. The van der Waals surface area contributed by atoms with Gasteiger partial charge < -0.3 is 77.2 Å². The molecule has 8 rings (SSSR count). The average molecular weight is 1120 g/mol. The van der Waals surface area contributed by atoms with E-state index in [4.69, 9.17) is 30.4 Å². The number of aromatic hydroxyl groups is 2. The molecule has 0 bridgehead atoms. The predicted octanol–water partition coefficient (Wildman–Crippen LogP) is 2.82. The lowest BCUT2D eigenvalue weighted by atomic mass is 9.72. The molecule has 3 aliphatic rings. The summed E-state index contributed by atoms with van der Waals surface area (Å²) in [4.78, 5) is 95.6. The normalized spacial score (nSPS) is 21.2. The summed E-state index contributed by atoms with van der Waals surface area (Å²) in [5, 5.41) is 67.4. The van der Waals surface area contributed by atoms with Crippen LogP contribution >= 0.6 is 0 Å². The highest BCUT2D eigenvalue weighted by Crippen LogP contribution is 2.52. The van der Waals surface area contributed by atoms with Gasteiger partial charge in [-0.15, -0.1) is 0 Å². The third-order valence-electron chi connectivity index (χ3n) is 14.8. The van der Waals surface area contributed by atoms with Crippen LogP contribution in [0, 0.1) is 0 Å². The summed E-state index contributed by atoms with van der Waals surface area (Å²) in [6.07, 6.45) is -6.09. The molecule has 0 radical (unpaired) electrons. The SMILES string of the molecule is COc1cccc2c1C(=O)c1c(O)c3c(c(O)c1C2=O)C[C@@](O)(C(=O)CO)C[C@@H]3OC1CC(NC(=O)OCc2ccc(NC(=O)[C@H](CCCCN)NC(=O)[C@H](Cc3ccccc3)NC(=O)[C@H](N)Cc3ccccc3)cc2)C(O)C(C)O1. The van der Waals surface area contributed by atoms with E-state index in [1.54, 1.807) is 24.3 Å². The van der Waals surface area contributed by atoms with Gasteiger partial charge in [0.15, 0.2) is 17.9 Å². The van der Waals surface area contributed by atoms with Gasteiger partial charge in [-0.1, -0.05) is 84.9 Å². The summed E-state index contributed by atoms with van der Waals surface area (Å²) in [7, 11) is 1.29. The number of phenolic OH excluding ortho intramolecular Hbond substituents is 2. The predicted molar refractivity (Wildman–Crippen MR) is 291 cm³/mol. The van der Waals surface area contributed by atoms with Crippen molar-refractivity contribution in [3.63, 3.8) is 0 Å². The maximum absolute atomic E-state index is 14.1. The van der Waals surface area contributed by atoms with Gasteiger partial charge in [0.05, 0.1) is 48.1 Å². The number of alkyl carbamates (subject to hydrolysis) is 1. The Morgan fingerprint density at radius 1 is 0.778 bits per heavy atom. The molecule has 81 heavy (non-hydrogen) atoms. The molecule has 5 aromatic rings. The first-order chi connectivity index (χ1) is 38.8. The number of hydrogen-bond donors (Lipinski definition) is 11. The molecule has 4 amide bonds. The second-order valence-electron chi connectivity index (χ2n) is 20.4. The van der Waals surface area contributed by atoms with E-state index in [-0.39, 0.29) is 60.3 Å². The highest BCUT2D eigenvalue weighted by molar-refractivity contribution is 6.31. The molecular formula is C59H66N6O16. The number of fused-ring (bicyclic) bond motifs is 3. The van der Waals surface area contributed by atoms with Crippen LogP contribution in [0.4, 0.5) is 10.5 Å². The van der Waals surface area contributed by atoms with Crippen molar-refractivity contribution in [2.24, 2.45) is 11.5 Å². The third kappa shape index (κ3) is 13.4. The number of ether oxygens (including phenoxy) is 4. The Hall–Kier alpha value is -8.09. The van der Waals surface area contributed by atoms with E-state index in [9.17, 15) is 59.1 Å². The molecule has 2 aliphatic carbocycles. The molecule has 4 unspecified atom stereocenters. The summed E-state index contributed by atoms with van der Waals surface area (Å²) in [6.45, 7) is 0.462. The number of rotatable bonds is 22. The van der Waals surface area contributed by atoms with Crippen molar-refractivity contribution in [1.82, 2.24) is 16.0 Å². The molecule has 428 valence electrons. The van der Waals surface area contributed by atoms with E-state index in [0.717, 1.165) is 11.1 Å². The van der Waals surface area contributed by atoms with Crippen LogP contribution in [0.2, 0.25) is 0 Å². The molecule has 0 aromatic heterocycles. The van der Waals surface area contributed by atoms with Crippen molar-refractivity contribution in [3.8, 4) is 17.2 Å². The van der Waals surface area contributed by atoms with E-state index >= 15 is 0 Å². The van der Waals surface area contributed by atoms with Crippen molar-refractivity contribution in [1.29, 1.82) is 0 Å². The minimum Gasteiger partial charge on any atom is -0.507 e. The molecule has 13 N–H and O–H groups in total. The minimum atomic E-state index is -2.41. The lowest BCUT2D eigenvalue weighted by Gasteiger charge is -2.42. The largest absolute Gasteiger partial charge is 0.507 e. The number of ketones is 3. The number of amides is 4. The number of carbonyl (C=O) groups excluding carboxylic acids is 7. The van der Waals surface area contributed by atoms with E-state index in [2.05, 4.69) is 21.3 Å². The van der Waals surface area contributed by atoms with Gasteiger partial charge in [0, 0.05) is 48.1 Å². The fraction of sp³-hybridized carbons (Fsp3) is 0.373. The number of hydrogen-bond acceptors (Lipinski definition) is 18. The molecule has 1 fully saturated rings. The highest BCUT2D eigenvalue weighted by atomic mass is 16.7. The van der Waals surface area contributed by atoms with Gasteiger partial charge in [0.25, 0.3) is 0 Å². The summed E-state index contributed by atoms with van der Waals surface area (Å²) in [5.74, 6) is -5.95. The van der Waals surface area contributed by atoms with Crippen molar-refractivity contribution in [2.45, 2.75) is 119 Å². The van der Waals surface area contributed by atoms with Gasteiger partial charge in [-0.2, -0.15) is 0 Å². The van der Waals surface area contributed by atoms with Gasteiger partial charge in [-0.25, -0.2) is 4.79 Å². The number of phenols is 2. The zero-order chi connectivity index (χ0) is 58.1. The molecule has 5 aromatic carbocycles. The quantitative estimate of drug-likeness (QED) is 0.0344. The second-order valence-corrected chi connectivity index (χ2v) is 20.4. The molecule has 22 nitrogen and oxygen atoms in total. The third-order valence-corrected chi connectivity index (χ3v) is 14.8. The van der Waals surface area contributed by atoms with Crippen LogP contribution in [0.25, 0.3) is 0 Å². The smallest absolute Gasteiger partial charge is 0.407 e. The fourth-order valence-electron chi connectivity index (χ4n) is 10.4. The van der Waals surface area contributed by atoms with Gasteiger partial charge in [0.2, 0.25) is 23.5 Å². The Balaban J connectivity index is 0.906. The number of nitrogens with two attached hydrogens (primary N) is 2. The first-order valence-electron chi connectivity index (χ1n) is 26.5. The van der Waals surface area contributed by atoms with E-state index in [0.29, 0.717) is 30.6 Å². The molecular weight excluding hydrogens is 1050 g/mol. The molecule has 1 saturated heterocycles. The minimum absolute atomic E-state index is 0.0307. The molecule has 0 spiro atoms. The van der Waals surface area contributed by atoms with Gasteiger partial charge in [-0.05, 0) is 74.0 Å². The number of methoxy groups -OCH3 is 1. The first-order valence-corrected chi connectivity index (χ1v) is 26.5. The zero-order valence-electron chi connectivity index (χ0n) is 44.6. The Morgan fingerprint density at radius 3 is 2.09 bits per heavy atom. The Kier molecular flexibility index (Phi) is 19.0. The van der Waals surface area contributed by atoms with Crippen LogP contribution in [0.15, 0.2) is 103 Å². The van der Waals surface area contributed by atoms with Crippen LogP contribution in [0.5, 0.6) is 17.2 Å². The zero-order valence-corrected chi connectivity index (χ0v) is 44.6. The number of Topliss-reactive ketones (excluding diaryl/α,β-unsaturated/α-hetero) is 1. The lowest BCUT2D eigenvalue weighted by molar-refractivity contribution is -0.249. The first kappa shape index (κ1) is 59.0. The van der Waals surface area contributed by atoms with E-state index < -0.39 is 138 Å². The van der Waals surface area contributed by atoms with Crippen LogP contribution in [0.1, 0.15) is 105 Å². The number of aliphatic hydroxyl groups is 3. The average Bonchev–Trinajstić information content (AvgIpc) is 3.61. The molecule has 22 heteroatoms.